The van der Waals surface area contributed by atoms with Crippen LogP contribution >= 0.6 is 0 Å². The van der Waals surface area contributed by atoms with Crippen molar-refractivity contribution in [2.45, 2.75) is 51.3 Å². The molecule has 0 aromatic heterocycles. The number of benzene rings is 2. The van der Waals surface area contributed by atoms with Gasteiger partial charge in [-0.2, -0.15) is 0 Å². The van der Waals surface area contributed by atoms with Gasteiger partial charge in [0.15, 0.2) is 0 Å². The largest absolute Gasteiger partial charge is 0.497 e. The van der Waals surface area contributed by atoms with Crippen molar-refractivity contribution in [3.05, 3.63) is 59.7 Å². The first-order chi connectivity index (χ1) is 15.6. The summed E-state index contributed by atoms with van der Waals surface area (Å²) in [6.45, 7) is 3.38. The average Bonchev–Trinajstić information content (AvgIpc) is 2.82. The van der Waals surface area contributed by atoms with Crippen molar-refractivity contribution in [1.29, 1.82) is 0 Å². The van der Waals surface area contributed by atoms with Gasteiger partial charge < -0.3 is 28.4 Å². The molecule has 7 nitrogen and oxygen atoms in total. The van der Waals surface area contributed by atoms with Gasteiger partial charge in [0.25, 0.3) is 0 Å². The van der Waals surface area contributed by atoms with Crippen LogP contribution in [0.25, 0.3) is 0 Å². The Morgan fingerprint density at radius 2 is 1.44 bits per heavy atom. The molecule has 174 valence electrons. The summed E-state index contributed by atoms with van der Waals surface area (Å²) in [4.78, 5) is 12.1. The van der Waals surface area contributed by atoms with Gasteiger partial charge >= 0.3 is 5.97 Å². The molecule has 2 aromatic rings. The molecule has 2 unspecified atom stereocenters. The molecule has 3 rings (SSSR count). The van der Waals surface area contributed by atoms with Gasteiger partial charge in [-0.1, -0.05) is 24.3 Å². The molecule has 1 saturated heterocycles. The Hall–Kier alpha value is -2.61. The van der Waals surface area contributed by atoms with E-state index in [1.165, 1.54) is 0 Å². The van der Waals surface area contributed by atoms with E-state index in [1.54, 1.807) is 14.2 Å². The standard InChI is InChI=1S/C25H32O7/c1-18-25(31-16-20-8-12-22(28-3)13-9-20)23(17-29-14-4-5-24(26)32-18)30-15-19-6-10-21(27-2)11-7-19/h6-13,18,23,25H,4-5,14-17H2,1-3H3/t18?,23?,25-/m0/s1. The third kappa shape index (κ3) is 7.22. The van der Waals surface area contributed by atoms with Gasteiger partial charge in [0.2, 0.25) is 0 Å². The molecule has 0 amide bonds. The molecule has 0 saturated carbocycles. The van der Waals surface area contributed by atoms with E-state index in [0.29, 0.717) is 39.3 Å². The first-order valence-corrected chi connectivity index (χ1v) is 10.9. The SMILES string of the molecule is COc1ccc(COC2COCCCC(=O)OC(C)[C@@H]2OCc2ccc(OC)cc2)cc1. The lowest BCUT2D eigenvalue weighted by molar-refractivity contribution is -0.179. The van der Waals surface area contributed by atoms with E-state index in [0.717, 1.165) is 22.6 Å². The van der Waals surface area contributed by atoms with Gasteiger partial charge in [-0.05, 0) is 48.7 Å². The minimum absolute atomic E-state index is 0.255. The van der Waals surface area contributed by atoms with Crippen molar-refractivity contribution in [2.24, 2.45) is 0 Å². The highest BCUT2D eigenvalue weighted by Crippen LogP contribution is 2.21. The van der Waals surface area contributed by atoms with Gasteiger partial charge in [0.1, 0.15) is 29.8 Å². The number of hydrogen-bond donors (Lipinski definition) is 0. The smallest absolute Gasteiger partial charge is 0.306 e. The lowest BCUT2D eigenvalue weighted by Crippen LogP contribution is -2.45. The topological polar surface area (TPSA) is 72.5 Å². The van der Waals surface area contributed by atoms with Crippen molar-refractivity contribution in [3.63, 3.8) is 0 Å². The van der Waals surface area contributed by atoms with Crippen LogP contribution < -0.4 is 9.47 Å². The fourth-order valence-electron chi connectivity index (χ4n) is 3.47. The second-order valence-corrected chi connectivity index (χ2v) is 7.69. The number of methoxy groups -OCH3 is 2. The Morgan fingerprint density at radius 3 is 2.00 bits per heavy atom. The molecule has 3 atom stereocenters. The third-order valence-electron chi connectivity index (χ3n) is 5.32. The maximum atomic E-state index is 12.1. The molecule has 0 spiro atoms. The van der Waals surface area contributed by atoms with E-state index in [1.807, 2.05) is 55.5 Å². The summed E-state index contributed by atoms with van der Waals surface area (Å²) in [5.74, 6) is 1.32. The predicted molar refractivity (Wildman–Crippen MR) is 119 cm³/mol. The Bertz CT molecular complexity index is 819. The van der Waals surface area contributed by atoms with Crippen LogP contribution in [0.1, 0.15) is 30.9 Å². The Morgan fingerprint density at radius 1 is 0.875 bits per heavy atom. The van der Waals surface area contributed by atoms with E-state index < -0.39 is 18.3 Å². The molecular weight excluding hydrogens is 412 g/mol. The second kappa shape index (κ2) is 12.4. The molecule has 1 fully saturated rings. The predicted octanol–water partition coefficient (Wildman–Crippen LogP) is 3.92. The van der Waals surface area contributed by atoms with E-state index in [2.05, 4.69) is 0 Å². The molecule has 1 heterocycles. The summed E-state index contributed by atoms with van der Waals surface area (Å²) in [6.07, 6.45) is -0.432. The summed E-state index contributed by atoms with van der Waals surface area (Å²) >= 11 is 0. The third-order valence-corrected chi connectivity index (χ3v) is 5.32. The maximum absolute atomic E-state index is 12.1. The van der Waals surface area contributed by atoms with E-state index >= 15 is 0 Å². The van der Waals surface area contributed by atoms with E-state index in [9.17, 15) is 4.79 Å². The first kappa shape index (κ1) is 24.0. The van der Waals surface area contributed by atoms with Gasteiger partial charge in [-0.25, -0.2) is 0 Å². The maximum Gasteiger partial charge on any atom is 0.306 e. The lowest BCUT2D eigenvalue weighted by atomic mass is 10.1. The monoisotopic (exact) mass is 444 g/mol. The van der Waals surface area contributed by atoms with Gasteiger partial charge in [-0.3, -0.25) is 4.79 Å². The number of carbonyl (C=O) groups excluding carboxylic acids is 1. The first-order valence-electron chi connectivity index (χ1n) is 10.9. The summed E-state index contributed by atoms with van der Waals surface area (Å²) in [7, 11) is 3.27. The quantitative estimate of drug-likeness (QED) is 0.572. The lowest BCUT2D eigenvalue weighted by Gasteiger charge is -2.32. The summed E-state index contributed by atoms with van der Waals surface area (Å²) < 4.78 is 34.3. The average molecular weight is 445 g/mol. The molecule has 0 bridgehead atoms. The number of esters is 1. The van der Waals surface area contributed by atoms with Crippen LogP contribution in [-0.2, 0) is 37.0 Å². The van der Waals surface area contributed by atoms with Crippen molar-refractivity contribution >= 4 is 5.97 Å². The van der Waals surface area contributed by atoms with Crippen LogP contribution in [0.3, 0.4) is 0 Å². The molecule has 32 heavy (non-hydrogen) atoms. The summed E-state index contributed by atoms with van der Waals surface area (Å²) in [5, 5.41) is 0. The van der Waals surface area contributed by atoms with Crippen molar-refractivity contribution < 1.29 is 33.2 Å². The minimum Gasteiger partial charge on any atom is -0.497 e. The highest BCUT2D eigenvalue weighted by atomic mass is 16.6. The Kier molecular flexibility index (Phi) is 9.34. The number of hydrogen-bond acceptors (Lipinski definition) is 7. The van der Waals surface area contributed by atoms with E-state index in [-0.39, 0.29) is 5.97 Å². The number of rotatable bonds is 8. The van der Waals surface area contributed by atoms with Crippen LogP contribution in [-0.4, -0.2) is 51.7 Å². The van der Waals surface area contributed by atoms with Gasteiger partial charge in [0.05, 0.1) is 34.0 Å². The molecule has 0 N–H and O–H groups in total. The Labute approximate surface area is 189 Å². The fourth-order valence-corrected chi connectivity index (χ4v) is 3.47. The summed E-state index contributed by atoms with van der Waals surface area (Å²) in [5.41, 5.74) is 1.98. The molecular formula is C25H32O7. The number of ether oxygens (including phenoxy) is 6. The molecule has 7 heteroatoms. The van der Waals surface area contributed by atoms with Crippen molar-refractivity contribution in [3.8, 4) is 11.5 Å². The number of carbonyl (C=O) groups is 1. The van der Waals surface area contributed by atoms with Crippen LogP contribution in [0.5, 0.6) is 11.5 Å². The zero-order valence-electron chi connectivity index (χ0n) is 19.0. The molecule has 2 aromatic carbocycles. The van der Waals surface area contributed by atoms with Crippen LogP contribution in [0.4, 0.5) is 0 Å². The van der Waals surface area contributed by atoms with Crippen molar-refractivity contribution in [1.82, 2.24) is 0 Å². The Balaban J connectivity index is 1.71. The minimum atomic E-state index is -0.489. The number of cyclic esters (lactones) is 1. The summed E-state index contributed by atoms with van der Waals surface area (Å²) in [6, 6.07) is 15.4. The zero-order chi connectivity index (χ0) is 22.8. The fraction of sp³-hybridized carbons (Fsp3) is 0.480. The van der Waals surface area contributed by atoms with E-state index in [4.69, 9.17) is 28.4 Å². The van der Waals surface area contributed by atoms with Gasteiger partial charge in [-0.15, -0.1) is 0 Å². The molecule has 1 aliphatic heterocycles. The normalized spacial score (nSPS) is 22.1. The molecule has 0 aliphatic carbocycles. The van der Waals surface area contributed by atoms with Crippen LogP contribution in [0.2, 0.25) is 0 Å². The molecule has 0 radical (unpaired) electrons. The highest BCUT2D eigenvalue weighted by Gasteiger charge is 2.32. The second-order valence-electron chi connectivity index (χ2n) is 7.69. The van der Waals surface area contributed by atoms with Crippen molar-refractivity contribution in [2.75, 3.05) is 27.4 Å². The van der Waals surface area contributed by atoms with Gasteiger partial charge in [0, 0.05) is 13.0 Å². The van der Waals surface area contributed by atoms with Crippen LogP contribution in [0, 0.1) is 0 Å². The zero-order valence-corrected chi connectivity index (χ0v) is 19.0. The highest BCUT2D eigenvalue weighted by molar-refractivity contribution is 5.69. The van der Waals surface area contributed by atoms with Crippen LogP contribution in [0.15, 0.2) is 48.5 Å². The molecule has 1 aliphatic rings.